The summed E-state index contributed by atoms with van der Waals surface area (Å²) in [5, 5.41) is 12.9. The summed E-state index contributed by atoms with van der Waals surface area (Å²) in [6.07, 6.45) is 0.0897. The molecule has 1 aromatic heterocycles. The molecular formula is C14H27N5O2. The summed E-state index contributed by atoms with van der Waals surface area (Å²) < 4.78 is 4.90. The normalized spacial score (nSPS) is 13.1. The van der Waals surface area contributed by atoms with Crippen LogP contribution in [0.4, 0.5) is 11.6 Å². The quantitative estimate of drug-likeness (QED) is 0.442. The topological polar surface area (TPSA) is 105 Å². The van der Waals surface area contributed by atoms with E-state index in [1.165, 1.54) is 0 Å². The first-order valence-electron chi connectivity index (χ1n) is 7.06. The molecule has 0 aliphatic heterocycles. The minimum absolute atomic E-state index is 0.175. The minimum atomic E-state index is -0.487. The van der Waals surface area contributed by atoms with Gasteiger partial charge in [0.05, 0.1) is 12.7 Å². The third-order valence-corrected chi connectivity index (χ3v) is 3.08. The van der Waals surface area contributed by atoms with Crippen molar-refractivity contribution in [2.75, 3.05) is 31.0 Å². The van der Waals surface area contributed by atoms with Crippen molar-refractivity contribution in [2.45, 2.75) is 45.6 Å². The first-order valence-corrected chi connectivity index (χ1v) is 7.06. The van der Waals surface area contributed by atoms with Gasteiger partial charge in [-0.15, -0.1) is 0 Å². The van der Waals surface area contributed by atoms with Crippen molar-refractivity contribution < 1.29 is 9.84 Å². The Hall–Kier alpha value is -1.44. The number of aliphatic hydroxyl groups is 1. The number of nitrogens with two attached hydrogens (primary N) is 1. The van der Waals surface area contributed by atoms with Crippen molar-refractivity contribution in [2.24, 2.45) is 5.84 Å². The van der Waals surface area contributed by atoms with Crippen LogP contribution in [0.5, 0.6) is 0 Å². The molecule has 0 fully saturated rings. The van der Waals surface area contributed by atoms with Gasteiger partial charge in [0, 0.05) is 24.6 Å². The van der Waals surface area contributed by atoms with E-state index < -0.39 is 6.10 Å². The minimum Gasteiger partial charge on any atom is -0.391 e. The van der Waals surface area contributed by atoms with E-state index in [9.17, 15) is 5.11 Å². The van der Waals surface area contributed by atoms with Gasteiger partial charge in [0.15, 0.2) is 0 Å². The number of hydrogen-bond acceptors (Lipinski definition) is 7. The molecule has 1 atom stereocenters. The highest BCUT2D eigenvalue weighted by Gasteiger charge is 2.21. The molecular weight excluding hydrogens is 270 g/mol. The lowest BCUT2D eigenvalue weighted by Gasteiger charge is -2.21. The predicted octanol–water partition coefficient (Wildman–Crippen LogP) is 1.18. The Morgan fingerprint density at radius 2 is 1.90 bits per heavy atom. The van der Waals surface area contributed by atoms with E-state index in [4.69, 9.17) is 10.6 Å². The summed E-state index contributed by atoms with van der Waals surface area (Å²) in [6.45, 7) is 8.96. The summed E-state index contributed by atoms with van der Waals surface area (Å²) in [6, 6.07) is 0. The van der Waals surface area contributed by atoms with E-state index in [-0.39, 0.29) is 5.41 Å². The smallest absolute Gasteiger partial charge is 0.148 e. The molecule has 0 aromatic carbocycles. The van der Waals surface area contributed by atoms with Crippen LogP contribution < -0.4 is 16.6 Å². The van der Waals surface area contributed by atoms with Crippen LogP contribution in [0, 0.1) is 6.92 Å². The van der Waals surface area contributed by atoms with Gasteiger partial charge in [-0.2, -0.15) is 0 Å². The standard InChI is InChI=1S/C14H27N5O2/c1-9-11(16-7-6-10(20)8-21-5)17-13(14(2,3)4)18-12(9)19-15/h10,20H,6-8,15H2,1-5H3,(H2,16,17,18,19). The largest absolute Gasteiger partial charge is 0.391 e. The Kier molecular flexibility index (Phi) is 6.32. The second-order valence-corrected chi connectivity index (χ2v) is 6.09. The van der Waals surface area contributed by atoms with Gasteiger partial charge in [0.2, 0.25) is 0 Å². The lowest BCUT2D eigenvalue weighted by molar-refractivity contribution is 0.0615. The number of ether oxygens (including phenoxy) is 1. The molecule has 7 nitrogen and oxygen atoms in total. The van der Waals surface area contributed by atoms with E-state index in [1.54, 1.807) is 7.11 Å². The molecule has 0 aliphatic carbocycles. The summed E-state index contributed by atoms with van der Waals surface area (Å²) in [5.41, 5.74) is 3.29. The molecule has 0 amide bonds. The Bertz CT molecular complexity index is 459. The maximum absolute atomic E-state index is 9.65. The summed E-state index contributed by atoms with van der Waals surface area (Å²) in [5.74, 6) is 7.57. The molecule has 1 heterocycles. The van der Waals surface area contributed by atoms with Gasteiger partial charge in [0.1, 0.15) is 17.5 Å². The van der Waals surface area contributed by atoms with Crippen LogP contribution in [-0.2, 0) is 10.2 Å². The number of aromatic nitrogens is 2. The fourth-order valence-corrected chi connectivity index (χ4v) is 1.80. The highest BCUT2D eigenvalue weighted by Crippen LogP contribution is 2.25. The fourth-order valence-electron chi connectivity index (χ4n) is 1.80. The predicted molar refractivity (Wildman–Crippen MR) is 84.3 cm³/mol. The number of nitrogen functional groups attached to an aromatic ring is 1. The number of anilines is 2. The lowest BCUT2D eigenvalue weighted by atomic mass is 9.95. The lowest BCUT2D eigenvalue weighted by Crippen LogP contribution is -2.23. The van der Waals surface area contributed by atoms with Crippen LogP contribution in [0.25, 0.3) is 0 Å². The highest BCUT2D eigenvalue weighted by molar-refractivity contribution is 5.57. The van der Waals surface area contributed by atoms with Crippen LogP contribution in [0.3, 0.4) is 0 Å². The van der Waals surface area contributed by atoms with Crippen molar-refractivity contribution in [1.29, 1.82) is 0 Å². The molecule has 0 spiro atoms. The monoisotopic (exact) mass is 297 g/mol. The van der Waals surface area contributed by atoms with Gasteiger partial charge in [-0.1, -0.05) is 20.8 Å². The molecule has 1 rings (SSSR count). The molecule has 1 unspecified atom stereocenters. The van der Waals surface area contributed by atoms with E-state index in [2.05, 4.69) is 20.7 Å². The van der Waals surface area contributed by atoms with Crippen molar-refractivity contribution in [1.82, 2.24) is 9.97 Å². The van der Waals surface area contributed by atoms with Crippen LogP contribution in [0.15, 0.2) is 0 Å². The first kappa shape index (κ1) is 17.6. The van der Waals surface area contributed by atoms with Gasteiger partial charge in [0.25, 0.3) is 0 Å². The zero-order valence-corrected chi connectivity index (χ0v) is 13.5. The number of hydrazine groups is 1. The zero-order chi connectivity index (χ0) is 16.0. The highest BCUT2D eigenvalue weighted by atomic mass is 16.5. The SMILES string of the molecule is COCC(O)CCNc1nc(C(C)(C)C)nc(NN)c1C. The van der Waals surface area contributed by atoms with Gasteiger partial charge < -0.3 is 20.6 Å². The maximum Gasteiger partial charge on any atom is 0.148 e. The average Bonchev–Trinajstić information content (AvgIpc) is 2.39. The number of methoxy groups -OCH3 is 1. The van der Waals surface area contributed by atoms with Gasteiger partial charge in [-0.05, 0) is 13.3 Å². The van der Waals surface area contributed by atoms with Crippen LogP contribution in [0.2, 0.25) is 0 Å². The second kappa shape index (κ2) is 7.53. The molecule has 0 radical (unpaired) electrons. The zero-order valence-electron chi connectivity index (χ0n) is 13.5. The number of rotatable bonds is 7. The molecule has 0 saturated carbocycles. The molecule has 0 bridgehead atoms. The number of aliphatic hydroxyl groups excluding tert-OH is 1. The molecule has 120 valence electrons. The summed E-state index contributed by atoms with van der Waals surface area (Å²) in [7, 11) is 1.57. The van der Waals surface area contributed by atoms with E-state index in [0.29, 0.717) is 31.2 Å². The second-order valence-electron chi connectivity index (χ2n) is 6.09. The Labute approximate surface area is 126 Å². The van der Waals surface area contributed by atoms with Crippen molar-refractivity contribution in [3.05, 3.63) is 11.4 Å². The number of nitrogens with one attached hydrogen (secondary N) is 2. The van der Waals surface area contributed by atoms with E-state index >= 15 is 0 Å². The third kappa shape index (κ3) is 5.11. The van der Waals surface area contributed by atoms with Crippen molar-refractivity contribution >= 4 is 11.6 Å². The third-order valence-electron chi connectivity index (χ3n) is 3.08. The average molecular weight is 297 g/mol. The van der Waals surface area contributed by atoms with E-state index in [1.807, 2.05) is 27.7 Å². The van der Waals surface area contributed by atoms with E-state index in [0.717, 1.165) is 11.4 Å². The van der Waals surface area contributed by atoms with Crippen LogP contribution >= 0.6 is 0 Å². The molecule has 0 aliphatic rings. The Morgan fingerprint density at radius 1 is 1.29 bits per heavy atom. The van der Waals surface area contributed by atoms with Gasteiger partial charge >= 0.3 is 0 Å². The van der Waals surface area contributed by atoms with Gasteiger partial charge in [-0.3, -0.25) is 0 Å². The molecule has 21 heavy (non-hydrogen) atoms. The summed E-state index contributed by atoms with van der Waals surface area (Å²) >= 11 is 0. The Morgan fingerprint density at radius 3 is 2.43 bits per heavy atom. The Balaban J connectivity index is 2.85. The fraction of sp³-hybridized carbons (Fsp3) is 0.714. The maximum atomic E-state index is 9.65. The summed E-state index contributed by atoms with van der Waals surface area (Å²) in [4.78, 5) is 9.00. The molecule has 7 heteroatoms. The van der Waals surface area contributed by atoms with Gasteiger partial charge in [-0.25, -0.2) is 15.8 Å². The van der Waals surface area contributed by atoms with Crippen LogP contribution in [-0.4, -0.2) is 41.4 Å². The van der Waals surface area contributed by atoms with Crippen LogP contribution in [0.1, 0.15) is 38.6 Å². The molecule has 0 saturated heterocycles. The first-order chi connectivity index (χ1) is 9.79. The molecule has 1 aromatic rings. The van der Waals surface area contributed by atoms with Crippen molar-refractivity contribution in [3.63, 3.8) is 0 Å². The number of nitrogens with zero attached hydrogens (tertiary/aromatic N) is 2. The van der Waals surface area contributed by atoms with Crippen molar-refractivity contribution in [3.8, 4) is 0 Å². The molecule has 5 N–H and O–H groups in total. The number of hydrogen-bond donors (Lipinski definition) is 4.